The standard InChI is InChI=1S/C19H24F3N3O2S/c20-19(21,22)15-4-2-1-3-14(15)17(26)24-13-7-5-12(6-8-13)16(23)18(27)25-9-10-28-11-25/h1-4,12-13,16H,5-11,23H2,(H,24,26)/t12?,13?,16-/m0/s1. The summed E-state index contributed by atoms with van der Waals surface area (Å²) in [5.41, 5.74) is 4.87. The van der Waals surface area contributed by atoms with E-state index in [0.29, 0.717) is 31.6 Å². The van der Waals surface area contributed by atoms with Crippen LogP contribution in [0, 0.1) is 5.92 Å². The highest BCUT2D eigenvalue weighted by atomic mass is 32.2. The monoisotopic (exact) mass is 415 g/mol. The third kappa shape index (κ3) is 4.81. The second-order valence-electron chi connectivity index (χ2n) is 7.29. The number of nitrogens with one attached hydrogen (secondary N) is 1. The molecule has 9 heteroatoms. The number of nitrogens with two attached hydrogens (primary N) is 1. The molecule has 0 radical (unpaired) electrons. The maximum atomic E-state index is 13.1. The van der Waals surface area contributed by atoms with Crippen molar-refractivity contribution in [2.24, 2.45) is 11.7 Å². The molecule has 0 aromatic heterocycles. The van der Waals surface area contributed by atoms with Crippen LogP contribution in [0.3, 0.4) is 0 Å². The van der Waals surface area contributed by atoms with E-state index in [4.69, 9.17) is 5.73 Å². The summed E-state index contributed by atoms with van der Waals surface area (Å²) in [6.45, 7) is 0.723. The van der Waals surface area contributed by atoms with Crippen LogP contribution >= 0.6 is 11.8 Å². The van der Waals surface area contributed by atoms with Crippen LogP contribution in [0.1, 0.15) is 41.6 Å². The van der Waals surface area contributed by atoms with E-state index in [9.17, 15) is 22.8 Å². The van der Waals surface area contributed by atoms with Crippen molar-refractivity contribution in [3.63, 3.8) is 0 Å². The number of nitrogens with zero attached hydrogens (tertiary/aromatic N) is 1. The van der Waals surface area contributed by atoms with Crippen molar-refractivity contribution < 1.29 is 22.8 Å². The molecule has 2 fully saturated rings. The van der Waals surface area contributed by atoms with Gasteiger partial charge in [0.05, 0.1) is 23.0 Å². The molecule has 1 aliphatic heterocycles. The average molecular weight is 415 g/mol. The first-order valence-corrected chi connectivity index (χ1v) is 10.5. The maximum Gasteiger partial charge on any atom is 0.417 e. The van der Waals surface area contributed by atoms with Gasteiger partial charge in [0.15, 0.2) is 0 Å². The van der Waals surface area contributed by atoms with Crippen molar-refractivity contribution in [3.8, 4) is 0 Å². The summed E-state index contributed by atoms with van der Waals surface area (Å²) in [5, 5.41) is 2.71. The fourth-order valence-electron chi connectivity index (χ4n) is 3.81. The Morgan fingerprint density at radius 3 is 2.46 bits per heavy atom. The van der Waals surface area contributed by atoms with Crippen molar-refractivity contribution in [1.29, 1.82) is 0 Å². The summed E-state index contributed by atoms with van der Waals surface area (Å²) in [6, 6.07) is 4.01. The number of alkyl halides is 3. The summed E-state index contributed by atoms with van der Waals surface area (Å²) in [4.78, 5) is 26.6. The summed E-state index contributed by atoms with van der Waals surface area (Å²) >= 11 is 1.70. The van der Waals surface area contributed by atoms with Crippen molar-refractivity contribution in [3.05, 3.63) is 35.4 Å². The molecule has 1 saturated heterocycles. The quantitative estimate of drug-likeness (QED) is 0.793. The Kier molecular flexibility index (Phi) is 6.54. The Morgan fingerprint density at radius 2 is 1.86 bits per heavy atom. The summed E-state index contributed by atoms with van der Waals surface area (Å²) in [5.74, 6) is 0.892. The van der Waals surface area contributed by atoms with E-state index in [-0.39, 0.29) is 23.4 Å². The first-order chi connectivity index (χ1) is 13.3. The van der Waals surface area contributed by atoms with Gasteiger partial charge in [-0.05, 0) is 43.7 Å². The molecular weight excluding hydrogens is 391 g/mol. The van der Waals surface area contributed by atoms with Crippen molar-refractivity contribution >= 4 is 23.6 Å². The maximum absolute atomic E-state index is 13.1. The zero-order chi connectivity index (χ0) is 20.3. The lowest BCUT2D eigenvalue weighted by molar-refractivity contribution is -0.138. The second kappa shape index (κ2) is 8.73. The van der Waals surface area contributed by atoms with E-state index in [1.807, 2.05) is 0 Å². The van der Waals surface area contributed by atoms with Crippen LogP contribution in [0.4, 0.5) is 13.2 Å². The number of halogens is 3. The largest absolute Gasteiger partial charge is 0.417 e. The molecule has 28 heavy (non-hydrogen) atoms. The zero-order valence-corrected chi connectivity index (χ0v) is 16.2. The van der Waals surface area contributed by atoms with Crippen LogP contribution in [0.25, 0.3) is 0 Å². The number of carbonyl (C=O) groups excluding carboxylic acids is 2. The van der Waals surface area contributed by atoms with Gasteiger partial charge in [-0.2, -0.15) is 13.2 Å². The molecule has 1 atom stereocenters. The van der Waals surface area contributed by atoms with Crippen molar-refractivity contribution in [2.75, 3.05) is 18.2 Å². The highest BCUT2D eigenvalue weighted by Gasteiger charge is 2.36. The Balaban J connectivity index is 1.55. The van der Waals surface area contributed by atoms with Gasteiger partial charge < -0.3 is 16.0 Å². The highest BCUT2D eigenvalue weighted by Crippen LogP contribution is 2.32. The Bertz CT molecular complexity index is 715. The number of benzene rings is 1. The fraction of sp³-hybridized carbons (Fsp3) is 0.579. The third-order valence-electron chi connectivity index (χ3n) is 5.44. The molecule has 5 nitrogen and oxygen atoms in total. The van der Waals surface area contributed by atoms with Crippen molar-refractivity contribution in [1.82, 2.24) is 10.2 Å². The molecule has 0 spiro atoms. The first-order valence-electron chi connectivity index (χ1n) is 9.36. The molecule has 0 bridgehead atoms. The molecule has 154 valence electrons. The molecule has 2 amide bonds. The molecule has 1 aromatic carbocycles. The van der Waals surface area contributed by atoms with Crippen LogP contribution in [-0.4, -0.2) is 47.0 Å². The predicted molar refractivity (Wildman–Crippen MR) is 102 cm³/mol. The van der Waals surface area contributed by atoms with Crippen LogP contribution in [-0.2, 0) is 11.0 Å². The molecule has 3 N–H and O–H groups in total. The van der Waals surface area contributed by atoms with Crippen molar-refractivity contribution in [2.45, 2.75) is 43.9 Å². The molecular formula is C19H24F3N3O2S. The average Bonchev–Trinajstić information content (AvgIpc) is 3.21. The molecule has 1 aliphatic carbocycles. The third-order valence-corrected chi connectivity index (χ3v) is 6.41. The molecule has 3 rings (SSSR count). The minimum Gasteiger partial charge on any atom is -0.349 e. The van der Waals surface area contributed by atoms with Crippen LogP contribution in [0.2, 0.25) is 0 Å². The molecule has 1 saturated carbocycles. The number of rotatable bonds is 4. The molecule has 2 aliphatic rings. The van der Waals surface area contributed by atoms with E-state index < -0.39 is 23.7 Å². The lowest BCUT2D eigenvalue weighted by Crippen LogP contribution is -2.49. The number of hydrogen-bond acceptors (Lipinski definition) is 4. The van der Waals surface area contributed by atoms with E-state index in [2.05, 4.69) is 5.32 Å². The SMILES string of the molecule is N[C@H](C(=O)N1CCSC1)C1CCC(NC(=O)c2ccccc2C(F)(F)F)CC1. The minimum absolute atomic E-state index is 0.0309. The number of hydrogen-bond donors (Lipinski definition) is 2. The van der Waals surface area contributed by atoms with Crippen LogP contribution in [0.15, 0.2) is 24.3 Å². The highest BCUT2D eigenvalue weighted by molar-refractivity contribution is 7.99. The molecule has 0 unspecified atom stereocenters. The fourth-order valence-corrected chi connectivity index (χ4v) is 4.77. The van der Waals surface area contributed by atoms with Gasteiger partial charge in [-0.15, -0.1) is 11.8 Å². The number of amides is 2. The zero-order valence-electron chi connectivity index (χ0n) is 15.4. The van der Waals surface area contributed by atoms with E-state index >= 15 is 0 Å². The second-order valence-corrected chi connectivity index (χ2v) is 8.37. The normalized spacial score (nSPS) is 24.1. The van der Waals surface area contributed by atoms with Gasteiger partial charge in [0.25, 0.3) is 5.91 Å². The number of carbonyl (C=O) groups is 2. The van der Waals surface area contributed by atoms with Crippen LogP contribution < -0.4 is 11.1 Å². The van der Waals surface area contributed by atoms with Gasteiger partial charge >= 0.3 is 6.18 Å². The Hall–Kier alpha value is -1.74. The Morgan fingerprint density at radius 1 is 1.18 bits per heavy atom. The predicted octanol–water partition coefficient (Wildman–Crippen LogP) is 2.85. The topological polar surface area (TPSA) is 75.4 Å². The summed E-state index contributed by atoms with van der Waals surface area (Å²) in [6.07, 6.45) is -2.05. The van der Waals surface area contributed by atoms with Crippen LogP contribution in [0.5, 0.6) is 0 Å². The summed E-state index contributed by atoms with van der Waals surface area (Å²) < 4.78 is 39.3. The first kappa shape index (κ1) is 21.0. The minimum atomic E-state index is -4.58. The van der Waals surface area contributed by atoms with Gasteiger partial charge in [0, 0.05) is 18.3 Å². The van der Waals surface area contributed by atoms with Gasteiger partial charge in [-0.3, -0.25) is 9.59 Å². The molecule has 1 aromatic rings. The lowest BCUT2D eigenvalue weighted by Gasteiger charge is -2.33. The van der Waals surface area contributed by atoms with Gasteiger partial charge in [0.2, 0.25) is 5.91 Å². The Labute approximate surface area is 166 Å². The van der Waals surface area contributed by atoms with E-state index in [0.717, 1.165) is 18.4 Å². The van der Waals surface area contributed by atoms with E-state index in [1.54, 1.807) is 16.7 Å². The smallest absolute Gasteiger partial charge is 0.349 e. The van der Waals surface area contributed by atoms with Gasteiger partial charge in [0.1, 0.15) is 0 Å². The lowest BCUT2D eigenvalue weighted by atomic mass is 9.81. The summed E-state index contributed by atoms with van der Waals surface area (Å²) in [7, 11) is 0. The number of thioether (sulfide) groups is 1. The van der Waals surface area contributed by atoms with Gasteiger partial charge in [-0.25, -0.2) is 0 Å². The van der Waals surface area contributed by atoms with E-state index in [1.165, 1.54) is 18.2 Å². The molecule has 1 heterocycles. The van der Waals surface area contributed by atoms with Gasteiger partial charge in [-0.1, -0.05) is 12.1 Å².